The quantitative estimate of drug-likeness (QED) is 0.718. The lowest BCUT2D eigenvalue weighted by atomic mass is 10.1. The van der Waals surface area contributed by atoms with Gasteiger partial charge in [-0.2, -0.15) is 0 Å². The largest absolute Gasteiger partial charge is 0.479 e. The Morgan fingerprint density at radius 2 is 1.90 bits per heavy atom. The topological polar surface area (TPSA) is 112 Å². The van der Waals surface area contributed by atoms with Crippen molar-refractivity contribution in [2.24, 2.45) is 0 Å². The molecule has 0 fully saturated rings. The number of carbonyl (C=O) groups is 2. The number of benzene rings is 1. The highest BCUT2D eigenvalue weighted by Crippen LogP contribution is 2.10. The first kappa shape index (κ1) is 13.9. The molecule has 7 nitrogen and oxygen atoms in total. The molecule has 1 aromatic carbocycles. The molecular weight excluding hydrogens is 262 g/mol. The molecule has 1 atom stereocenters. The fourth-order valence-electron chi connectivity index (χ4n) is 1.65. The van der Waals surface area contributed by atoms with Gasteiger partial charge in [0.15, 0.2) is 6.10 Å². The molecule has 0 aliphatic rings. The Hall–Kier alpha value is -2.54. The minimum Gasteiger partial charge on any atom is -0.479 e. The number of aliphatic hydroxyl groups excluding tert-OH is 1. The zero-order valence-electron chi connectivity index (χ0n) is 10.5. The van der Waals surface area contributed by atoms with E-state index in [1.165, 1.54) is 6.20 Å². The smallest absolute Gasteiger partial charge is 0.332 e. The maximum Gasteiger partial charge on any atom is 0.332 e. The number of hydrogen-bond donors (Lipinski definition) is 3. The molecule has 0 saturated heterocycles. The van der Waals surface area contributed by atoms with Gasteiger partial charge < -0.3 is 15.5 Å². The Morgan fingerprint density at radius 1 is 1.20 bits per heavy atom. The van der Waals surface area contributed by atoms with Crippen molar-refractivity contribution in [3.63, 3.8) is 0 Å². The molecule has 20 heavy (non-hydrogen) atoms. The highest BCUT2D eigenvalue weighted by molar-refractivity contribution is 5.97. The fourth-order valence-corrected chi connectivity index (χ4v) is 1.65. The first-order valence-corrected chi connectivity index (χ1v) is 5.98. The van der Waals surface area contributed by atoms with Gasteiger partial charge in [-0.1, -0.05) is 0 Å². The predicted octanol–water partition coefficient (Wildman–Crippen LogP) is 0.195. The van der Waals surface area contributed by atoms with Gasteiger partial charge in [0, 0.05) is 30.9 Å². The molecule has 1 unspecified atom stereocenters. The van der Waals surface area contributed by atoms with Crippen molar-refractivity contribution < 1.29 is 19.8 Å². The molecule has 1 amide bonds. The van der Waals surface area contributed by atoms with E-state index in [2.05, 4.69) is 15.3 Å². The van der Waals surface area contributed by atoms with Gasteiger partial charge in [-0.15, -0.1) is 0 Å². The molecule has 1 aromatic heterocycles. The van der Waals surface area contributed by atoms with Crippen molar-refractivity contribution in [1.29, 1.82) is 0 Å². The molecule has 0 bridgehead atoms. The lowest BCUT2D eigenvalue weighted by Crippen LogP contribution is -2.30. The van der Waals surface area contributed by atoms with Crippen LogP contribution in [0.15, 0.2) is 30.6 Å². The fraction of sp³-hybridized carbons (Fsp3) is 0.231. The number of fused-ring (bicyclic) bond motifs is 1. The van der Waals surface area contributed by atoms with Gasteiger partial charge >= 0.3 is 5.97 Å². The van der Waals surface area contributed by atoms with E-state index >= 15 is 0 Å². The van der Waals surface area contributed by atoms with Gasteiger partial charge in [0.2, 0.25) is 0 Å². The molecule has 104 valence electrons. The third kappa shape index (κ3) is 3.27. The number of nitrogens with one attached hydrogen (secondary N) is 1. The van der Waals surface area contributed by atoms with Crippen molar-refractivity contribution in [3.8, 4) is 0 Å². The van der Waals surface area contributed by atoms with Gasteiger partial charge in [0.1, 0.15) is 0 Å². The molecule has 0 spiro atoms. The van der Waals surface area contributed by atoms with Crippen molar-refractivity contribution in [3.05, 3.63) is 36.2 Å². The summed E-state index contributed by atoms with van der Waals surface area (Å²) in [4.78, 5) is 30.5. The summed E-state index contributed by atoms with van der Waals surface area (Å²) in [7, 11) is 0. The molecule has 0 aliphatic heterocycles. The zero-order valence-corrected chi connectivity index (χ0v) is 10.5. The summed E-state index contributed by atoms with van der Waals surface area (Å²) in [5.41, 5.74) is 1.69. The van der Waals surface area contributed by atoms with Gasteiger partial charge in [-0.3, -0.25) is 14.8 Å². The summed E-state index contributed by atoms with van der Waals surface area (Å²) in [6, 6.07) is 4.90. The van der Waals surface area contributed by atoms with E-state index in [1.54, 1.807) is 24.4 Å². The van der Waals surface area contributed by atoms with Crippen LogP contribution in [-0.2, 0) is 4.79 Å². The van der Waals surface area contributed by atoms with Crippen LogP contribution in [0.2, 0.25) is 0 Å². The van der Waals surface area contributed by atoms with Crippen molar-refractivity contribution >= 4 is 22.9 Å². The molecule has 0 aliphatic carbocycles. The third-order valence-electron chi connectivity index (χ3n) is 2.72. The first-order valence-electron chi connectivity index (χ1n) is 5.98. The Kier molecular flexibility index (Phi) is 4.21. The number of amides is 1. The van der Waals surface area contributed by atoms with Crippen molar-refractivity contribution in [2.45, 2.75) is 12.5 Å². The summed E-state index contributed by atoms with van der Waals surface area (Å²) < 4.78 is 0. The second-order valence-corrected chi connectivity index (χ2v) is 4.16. The number of aliphatic hydroxyl groups is 1. The van der Waals surface area contributed by atoms with Gasteiger partial charge in [0.05, 0.1) is 11.0 Å². The number of rotatable bonds is 5. The van der Waals surface area contributed by atoms with E-state index in [1.807, 2.05) is 0 Å². The number of carbonyl (C=O) groups excluding carboxylic acids is 1. The molecule has 1 heterocycles. The number of aromatic nitrogens is 2. The van der Waals surface area contributed by atoms with E-state index < -0.39 is 12.1 Å². The van der Waals surface area contributed by atoms with Crippen LogP contribution in [0.1, 0.15) is 16.8 Å². The summed E-state index contributed by atoms with van der Waals surface area (Å²) >= 11 is 0. The maximum atomic E-state index is 11.9. The average Bonchev–Trinajstić information content (AvgIpc) is 2.46. The Bertz CT molecular complexity index is 644. The van der Waals surface area contributed by atoms with E-state index in [0.717, 1.165) is 0 Å². The second kappa shape index (κ2) is 6.07. The van der Waals surface area contributed by atoms with Crippen LogP contribution >= 0.6 is 0 Å². The third-order valence-corrected chi connectivity index (χ3v) is 2.72. The lowest BCUT2D eigenvalue weighted by molar-refractivity contribution is -0.146. The van der Waals surface area contributed by atoms with E-state index in [4.69, 9.17) is 10.2 Å². The number of aliphatic carboxylic acids is 1. The molecule has 3 N–H and O–H groups in total. The average molecular weight is 275 g/mol. The number of nitrogens with zero attached hydrogens (tertiary/aromatic N) is 2. The molecule has 7 heteroatoms. The molecular formula is C13H13N3O4. The Morgan fingerprint density at radius 3 is 2.60 bits per heavy atom. The van der Waals surface area contributed by atoms with Crippen LogP contribution in [0.4, 0.5) is 0 Å². The molecule has 0 radical (unpaired) electrons. The highest BCUT2D eigenvalue weighted by Gasteiger charge is 2.13. The van der Waals surface area contributed by atoms with Crippen LogP contribution < -0.4 is 5.32 Å². The lowest BCUT2D eigenvalue weighted by Gasteiger charge is -2.07. The van der Waals surface area contributed by atoms with Gasteiger partial charge in [0.25, 0.3) is 5.91 Å². The molecule has 0 saturated carbocycles. The SMILES string of the molecule is O=C(NCCC(O)C(=O)O)c1ccc2nccnc2c1. The highest BCUT2D eigenvalue weighted by atomic mass is 16.4. The Balaban J connectivity index is 1.99. The van der Waals surface area contributed by atoms with Gasteiger partial charge in [-0.05, 0) is 18.2 Å². The molecule has 2 rings (SSSR count). The number of hydrogen-bond acceptors (Lipinski definition) is 5. The van der Waals surface area contributed by atoms with E-state index in [-0.39, 0.29) is 18.9 Å². The van der Waals surface area contributed by atoms with Crippen LogP contribution in [0.3, 0.4) is 0 Å². The normalized spacial score (nSPS) is 12.1. The van der Waals surface area contributed by atoms with Crippen LogP contribution in [0.25, 0.3) is 11.0 Å². The van der Waals surface area contributed by atoms with Gasteiger partial charge in [-0.25, -0.2) is 4.79 Å². The summed E-state index contributed by atoms with van der Waals surface area (Å²) in [6.45, 7) is 0.0742. The van der Waals surface area contributed by atoms with E-state index in [9.17, 15) is 9.59 Å². The first-order chi connectivity index (χ1) is 9.58. The monoisotopic (exact) mass is 275 g/mol. The zero-order chi connectivity index (χ0) is 14.5. The van der Waals surface area contributed by atoms with Crippen LogP contribution in [0.5, 0.6) is 0 Å². The number of carboxylic acids is 1. The van der Waals surface area contributed by atoms with E-state index in [0.29, 0.717) is 16.6 Å². The second-order valence-electron chi connectivity index (χ2n) is 4.16. The predicted molar refractivity (Wildman–Crippen MR) is 70.1 cm³/mol. The van der Waals surface area contributed by atoms with Crippen molar-refractivity contribution in [1.82, 2.24) is 15.3 Å². The summed E-state index contributed by atoms with van der Waals surface area (Å²) in [6.07, 6.45) is 1.58. The van der Waals surface area contributed by atoms with Crippen molar-refractivity contribution in [2.75, 3.05) is 6.54 Å². The summed E-state index contributed by atoms with van der Waals surface area (Å²) in [5, 5.41) is 20.1. The molecule has 2 aromatic rings. The minimum absolute atomic E-state index is 0.0472. The maximum absolute atomic E-state index is 11.9. The Labute approximate surface area is 114 Å². The van der Waals surface area contributed by atoms with Crippen LogP contribution in [-0.4, -0.2) is 44.7 Å². The summed E-state index contributed by atoms with van der Waals surface area (Å²) in [5.74, 6) is -1.66. The van der Waals surface area contributed by atoms with Crippen LogP contribution in [0, 0.1) is 0 Å². The minimum atomic E-state index is -1.47. The standard InChI is InChI=1S/C13H13N3O4/c17-11(13(19)20)3-4-16-12(18)8-1-2-9-10(7-8)15-6-5-14-9/h1-2,5-7,11,17H,3-4H2,(H,16,18)(H,19,20). The number of carboxylic acid groups (broad SMARTS) is 1.